The van der Waals surface area contributed by atoms with E-state index in [1.165, 1.54) is 64.7 Å². The lowest BCUT2D eigenvalue weighted by atomic mass is 9.60. The number of aryl methyl sites for hydroxylation is 1. The zero-order chi connectivity index (χ0) is 26.8. The number of nitrogens with one attached hydrogen (secondary N) is 1. The molecule has 7 nitrogen and oxygen atoms in total. The van der Waals surface area contributed by atoms with Crippen molar-refractivity contribution in [2.45, 2.75) is 64.3 Å². The first-order valence-corrected chi connectivity index (χ1v) is 15.0. The number of benzene rings is 1. The van der Waals surface area contributed by atoms with Gasteiger partial charge in [-0.2, -0.15) is 0 Å². The quantitative estimate of drug-likeness (QED) is 0.311. The zero-order valence-corrected chi connectivity index (χ0v) is 23.9. The van der Waals surface area contributed by atoms with Gasteiger partial charge in [0.05, 0.1) is 19.2 Å². The smallest absolute Gasteiger partial charge is 0.163 e. The third kappa shape index (κ3) is 5.75. The molecule has 0 radical (unpaired) electrons. The predicted octanol–water partition coefficient (Wildman–Crippen LogP) is 6.22. The van der Waals surface area contributed by atoms with Crippen LogP contribution >= 0.6 is 0 Å². The van der Waals surface area contributed by atoms with Gasteiger partial charge in [0.15, 0.2) is 17.3 Å². The molecule has 2 aromatic heterocycles. The predicted molar refractivity (Wildman–Crippen MR) is 157 cm³/mol. The number of rotatable bonds is 10. The van der Waals surface area contributed by atoms with Crippen molar-refractivity contribution in [3.05, 3.63) is 36.1 Å². The van der Waals surface area contributed by atoms with Crippen molar-refractivity contribution in [1.29, 1.82) is 0 Å². The van der Waals surface area contributed by atoms with E-state index < -0.39 is 0 Å². The first-order valence-electron chi connectivity index (χ1n) is 15.0. The average Bonchev–Trinajstić information content (AvgIpc) is 3.63. The van der Waals surface area contributed by atoms with E-state index in [0.717, 1.165) is 64.7 Å². The minimum absolute atomic E-state index is 0.474. The number of anilines is 1. The van der Waals surface area contributed by atoms with Crippen LogP contribution in [0.1, 0.15) is 57.6 Å². The van der Waals surface area contributed by atoms with Crippen molar-refractivity contribution in [1.82, 2.24) is 14.8 Å². The molecule has 1 N–H and O–H groups in total. The topological polar surface area (TPSA) is 63.0 Å². The molecule has 0 unspecified atom stereocenters. The Morgan fingerprint density at radius 3 is 2.56 bits per heavy atom. The van der Waals surface area contributed by atoms with E-state index in [1.54, 1.807) is 7.11 Å². The van der Waals surface area contributed by atoms with Crippen molar-refractivity contribution >= 4 is 16.6 Å². The van der Waals surface area contributed by atoms with Crippen LogP contribution in [0.15, 0.2) is 34.7 Å². The summed E-state index contributed by atoms with van der Waals surface area (Å²) < 4.78 is 18.2. The number of likely N-dealkylation sites (tertiary alicyclic amines) is 2. The van der Waals surface area contributed by atoms with Gasteiger partial charge in [0.1, 0.15) is 11.5 Å². The van der Waals surface area contributed by atoms with Gasteiger partial charge in [0.25, 0.3) is 0 Å². The highest BCUT2D eigenvalue weighted by molar-refractivity contribution is 5.95. The van der Waals surface area contributed by atoms with Crippen LogP contribution in [0, 0.1) is 5.41 Å². The van der Waals surface area contributed by atoms with E-state index in [-0.39, 0.29) is 0 Å². The Morgan fingerprint density at radius 2 is 1.85 bits per heavy atom. The SMILES string of the molecule is CCc1ccc(-c2cc(NC3CC4(CCN(C)CC4)C3)c3cc(OC)c(OCCCN4CCCC4)cc3n2)o1. The van der Waals surface area contributed by atoms with Gasteiger partial charge in [-0.05, 0) is 108 Å². The summed E-state index contributed by atoms with van der Waals surface area (Å²) in [6.45, 7) is 8.72. The van der Waals surface area contributed by atoms with Crippen molar-refractivity contribution in [3.63, 3.8) is 0 Å². The third-order valence-corrected chi connectivity index (χ3v) is 9.20. The molecule has 0 bridgehead atoms. The molecule has 39 heavy (non-hydrogen) atoms. The maximum atomic E-state index is 6.26. The molecule has 1 aromatic carbocycles. The summed E-state index contributed by atoms with van der Waals surface area (Å²) in [6.07, 6.45) is 9.59. The normalized spacial score (nSPS) is 20.0. The van der Waals surface area contributed by atoms with Crippen LogP contribution in [-0.4, -0.2) is 74.3 Å². The van der Waals surface area contributed by atoms with E-state index in [9.17, 15) is 0 Å². The lowest BCUT2D eigenvalue weighted by Crippen LogP contribution is -2.50. The van der Waals surface area contributed by atoms with Crippen LogP contribution < -0.4 is 14.8 Å². The fourth-order valence-corrected chi connectivity index (χ4v) is 6.74. The number of furan rings is 1. The molecule has 3 aliphatic rings. The van der Waals surface area contributed by atoms with Crippen molar-refractivity contribution in [2.24, 2.45) is 5.41 Å². The number of nitrogens with zero attached hydrogens (tertiary/aromatic N) is 3. The first kappa shape index (κ1) is 26.5. The Labute approximate surface area is 232 Å². The Bertz CT molecular complexity index is 1270. The molecular formula is C32H44N4O3. The monoisotopic (exact) mass is 532 g/mol. The largest absolute Gasteiger partial charge is 0.493 e. The summed E-state index contributed by atoms with van der Waals surface area (Å²) in [7, 11) is 3.96. The minimum atomic E-state index is 0.474. The molecule has 1 aliphatic carbocycles. The van der Waals surface area contributed by atoms with E-state index in [4.69, 9.17) is 18.9 Å². The summed E-state index contributed by atoms with van der Waals surface area (Å²) in [6, 6.07) is 10.8. The molecule has 2 aliphatic heterocycles. The van der Waals surface area contributed by atoms with E-state index in [0.29, 0.717) is 18.1 Å². The molecule has 3 fully saturated rings. The van der Waals surface area contributed by atoms with Gasteiger partial charge >= 0.3 is 0 Å². The molecule has 1 saturated carbocycles. The fourth-order valence-electron chi connectivity index (χ4n) is 6.74. The summed E-state index contributed by atoms with van der Waals surface area (Å²) in [5.74, 6) is 3.29. The number of fused-ring (bicyclic) bond motifs is 1. The number of ether oxygens (including phenoxy) is 2. The molecule has 210 valence electrons. The highest BCUT2D eigenvalue weighted by atomic mass is 16.5. The Hall–Kier alpha value is -2.77. The van der Waals surface area contributed by atoms with Crippen LogP contribution in [0.4, 0.5) is 5.69 Å². The molecule has 0 amide bonds. The van der Waals surface area contributed by atoms with Crippen LogP contribution in [0.3, 0.4) is 0 Å². The lowest BCUT2D eigenvalue weighted by molar-refractivity contribution is 0.0328. The number of aromatic nitrogens is 1. The molecule has 6 rings (SSSR count). The zero-order valence-electron chi connectivity index (χ0n) is 23.9. The van der Waals surface area contributed by atoms with Crippen molar-refractivity contribution < 1.29 is 13.9 Å². The van der Waals surface area contributed by atoms with Crippen molar-refractivity contribution in [3.8, 4) is 23.0 Å². The minimum Gasteiger partial charge on any atom is -0.493 e. The molecular weight excluding hydrogens is 488 g/mol. The van der Waals surface area contributed by atoms with Gasteiger partial charge < -0.3 is 29.0 Å². The van der Waals surface area contributed by atoms with E-state index >= 15 is 0 Å². The second-order valence-electron chi connectivity index (χ2n) is 12.0. The fraction of sp³-hybridized carbons (Fsp3) is 0.594. The average molecular weight is 533 g/mol. The summed E-state index contributed by atoms with van der Waals surface area (Å²) in [5.41, 5.74) is 3.35. The van der Waals surface area contributed by atoms with Gasteiger partial charge in [-0.3, -0.25) is 0 Å². The molecule has 7 heteroatoms. The van der Waals surface area contributed by atoms with Gasteiger partial charge in [-0.15, -0.1) is 0 Å². The second kappa shape index (κ2) is 11.4. The van der Waals surface area contributed by atoms with Crippen LogP contribution in [0.2, 0.25) is 0 Å². The highest BCUT2D eigenvalue weighted by Gasteiger charge is 2.45. The second-order valence-corrected chi connectivity index (χ2v) is 12.0. The standard InChI is InChI=1S/C32H44N4O3/c1-4-24-8-9-29(39-24)28-19-26(33-23-21-32(22-23)10-15-35(2)16-11-32)25-18-30(37-3)31(20-27(25)34-28)38-17-7-14-36-12-5-6-13-36/h8-9,18-20,23H,4-7,10-17,21-22H2,1-3H3,(H,33,34). The number of pyridine rings is 1. The Kier molecular flexibility index (Phi) is 7.72. The maximum Gasteiger partial charge on any atom is 0.163 e. The molecule has 1 spiro atoms. The van der Waals surface area contributed by atoms with Gasteiger partial charge in [0, 0.05) is 36.1 Å². The number of hydrogen-bond donors (Lipinski definition) is 1. The molecule has 3 aromatic rings. The number of methoxy groups -OCH3 is 1. The lowest BCUT2D eigenvalue weighted by Gasteiger charge is -2.52. The molecule has 4 heterocycles. The van der Waals surface area contributed by atoms with Gasteiger partial charge in [0.2, 0.25) is 0 Å². The number of piperidine rings is 1. The Balaban J connectivity index is 1.25. The molecule has 2 saturated heterocycles. The molecule has 0 atom stereocenters. The Morgan fingerprint density at radius 1 is 1.05 bits per heavy atom. The maximum absolute atomic E-state index is 6.26. The summed E-state index contributed by atoms with van der Waals surface area (Å²) >= 11 is 0. The van der Waals surface area contributed by atoms with Gasteiger partial charge in [-0.1, -0.05) is 6.92 Å². The van der Waals surface area contributed by atoms with Crippen LogP contribution in [0.25, 0.3) is 22.4 Å². The highest BCUT2D eigenvalue weighted by Crippen LogP contribution is 2.50. The van der Waals surface area contributed by atoms with Crippen LogP contribution in [-0.2, 0) is 6.42 Å². The van der Waals surface area contributed by atoms with Gasteiger partial charge in [-0.25, -0.2) is 4.98 Å². The number of hydrogen-bond acceptors (Lipinski definition) is 7. The summed E-state index contributed by atoms with van der Waals surface area (Å²) in [4.78, 5) is 10.0. The van der Waals surface area contributed by atoms with E-state index in [2.05, 4.69) is 41.2 Å². The first-order chi connectivity index (χ1) is 19.0. The third-order valence-electron chi connectivity index (χ3n) is 9.20. The van der Waals surface area contributed by atoms with Crippen molar-refractivity contribution in [2.75, 3.05) is 58.8 Å². The summed E-state index contributed by atoms with van der Waals surface area (Å²) in [5, 5.41) is 4.95. The van der Waals surface area contributed by atoms with Crippen LogP contribution in [0.5, 0.6) is 11.5 Å². The van der Waals surface area contributed by atoms with E-state index in [1.807, 2.05) is 18.2 Å².